The van der Waals surface area contributed by atoms with E-state index in [2.05, 4.69) is 17.2 Å². The molecule has 4 nitrogen and oxygen atoms in total. The number of nitrogens with one attached hydrogen (secondary N) is 1. The van der Waals surface area contributed by atoms with Crippen molar-refractivity contribution >= 4 is 0 Å². The zero-order valence-electron chi connectivity index (χ0n) is 16.0. The number of benzene rings is 1. The minimum atomic E-state index is 0.627. The molecular formula is C22H32N2O2. The normalized spacial score (nSPS) is 15.7. The highest BCUT2D eigenvalue weighted by atomic mass is 16.5. The third-order valence-electron chi connectivity index (χ3n) is 5.10. The van der Waals surface area contributed by atoms with Crippen LogP contribution in [0.15, 0.2) is 34.9 Å². The lowest BCUT2D eigenvalue weighted by Crippen LogP contribution is -2.27. The van der Waals surface area contributed by atoms with Gasteiger partial charge in [-0.25, -0.2) is 4.98 Å². The van der Waals surface area contributed by atoms with Gasteiger partial charge in [-0.1, -0.05) is 45.4 Å². The molecule has 3 rings (SSSR count). The van der Waals surface area contributed by atoms with Crippen molar-refractivity contribution in [2.45, 2.75) is 77.3 Å². The Balaban J connectivity index is 1.49. The van der Waals surface area contributed by atoms with Crippen molar-refractivity contribution in [1.82, 2.24) is 10.3 Å². The molecule has 4 heteroatoms. The molecule has 142 valence electrons. The number of nitrogens with zero attached hydrogens (tertiary/aromatic N) is 1. The van der Waals surface area contributed by atoms with Crippen LogP contribution in [0.1, 0.15) is 70.4 Å². The van der Waals surface area contributed by atoms with Crippen LogP contribution in [0.25, 0.3) is 11.5 Å². The molecule has 1 aromatic heterocycles. The predicted molar refractivity (Wildman–Crippen MR) is 105 cm³/mol. The zero-order valence-corrected chi connectivity index (χ0v) is 16.0. The van der Waals surface area contributed by atoms with Crippen LogP contribution in [0.4, 0.5) is 0 Å². The fraction of sp³-hybridized carbons (Fsp3) is 0.591. The van der Waals surface area contributed by atoms with E-state index in [-0.39, 0.29) is 0 Å². The third kappa shape index (κ3) is 5.87. The molecule has 1 aliphatic rings. The Kier molecular flexibility index (Phi) is 7.56. The Bertz CT molecular complexity index is 628. The monoisotopic (exact) mass is 356 g/mol. The summed E-state index contributed by atoms with van der Waals surface area (Å²) in [6.07, 6.45) is 13.3. The minimum absolute atomic E-state index is 0.627. The lowest BCUT2D eigenvalue weighted by molar-refractivity contribution is 0.306. The van der Waals surface area contributed by atoms with E-state index < -0.39 is 0 Å². The molecule has 0 radical (unpaired) electrons. The second-order valence-corrected chi connectivity index (χ2v) is 7.29. The number of rotatable bonds is 9. The van der Waals surface area contributed by atoms with E-state index in [9.17, 15) is 0 Å². The maximum absolute atomic E-state index is 5.76. The Labute approximate surface area is 157 Å². The van der Waals surface area contributed by atoms with Crippen LogP contribution in [0, 0.1) is 0 Å². The molecule has 1 saturated carbocycles. The van der Waals surface area contributed by atoms with Crippen LogP contribution in [0.3, 0.4) is 0 Å². The number of unbranched alkanes of at least 4 members (excludes halogenated alkanes) is 2. The summed E-state index contributed by atoms with van der Waals surface area (Å²) in [5.41, 5.74) is 1.97. The Morgan fingerprint density at radius 1 is 1.08 bits per heavy atom. The predicted octanol–water partition coefficient (Wildman–Crippen LogP) is 5.72. The summed E-state index contributed by atoms with van der Waals surface area (Å²) in [7, 11) is 0. The van der Waals surface area contributed by atoms with E-state index in [0.29, 0.717) is 11.9 Å². The number of hydrogen-bond acceptors (Lipinski definition) is 4. The summed E-state index contributed by atoms with van der Waals surface area (Å²) in [4.78, 5) is 4.63. The van der Waals surface area contributed by atoms with Gasteiger partial charge < -0.3 is 14.5 Å². The van der Waals surface area contributed by atoms with Gasteiger partial charge in [-0.05, 0) is 43.5 Å². The molecule has 0 bridgehead atoms. The van der Waals surface area contributed by atoms with Crippen LogP contribution in [-0.4, -0.2) is 17.6 Å². The number of aromatic nitrogens is 1. The number of oxazole rings is 1. The highest BCUT2D eigenvalue weighted by Crippen LogP contribution is 2.23. The maximum atomic E-state index is 5.76. The zero-order chi connectivity index (χ0) is 18.0. The molecule has 26 heavy (non-hydrogen) atoms. The van der Waals surface area contributed by atoms with Crippen LogP contribution >= 0.6 is 0 Å². The molecule has 0 spiro atoms. The van der Waals surface area contributed by atoms with E-state index in [4.69, 9.17) is 9.15 Å². The molecule has 0 saturated heterocycles. The van der Waals surface area contributed by atoms with Gasteiger partial charge in [0.2, 0.25) is 5.89 Å². The van der Waals surface area contributed by atoms with Gasteiger partial charge in [0, 0.05) is 18.2 Å². The summed E-state index contributed by atoms with van der Waals surface area (Å²) < 4.78 is 11.4. The quantitative estimate of drug-likeness (QED) is 0.461. The molecular weight excluding hydrogens is 324 g/mol. The molecule has 0 amide bonds. The van der Waals surface area contributed by atoms with Gasteiger partial charge in [0.25, 0.3) is 0 Å². The first kappa shape index (κ1) is 19.0. The van der Waals surface area contributed by atoms with Crippen molar-refractivity contribution in [3.05, 3.63) is 36.2 Å². The molecule has 0 atom stereocenters. The SMILES string of the molecule is CCCCCOc1ccc(-c2nc(CNC3CCCCCC3)co2)cc1. The first-order chi connectivity index (χ1) is 12.8. The molecule has 1 heterocycles. The molecule has 0 unspecified atom stereocenters. The van der Waals surface area contributed by atoms with Gasteiger partial charge in [0.15, 0.2) is 0 Å². The standard InChI is InChI=1S/C22H32N2O2/c1-2-3-8-15-25-21-13-11-18(12-14-21)22-24-20(17-26-22)16-23-19-9-6-4-5-7-10-19/h11-14,17,19,23H,2-10,15-16H2,1H3. The lowest BCUT2D eigenvalue weighted by atomic mass is 10.1. The lowest BCUT2D eigenvalue weighted by Gasteiger charge is -2.14. The summed E-state index contributed by atoms with van der Waals surface area (Å²) in [5.74, 6) is 1.59. The topological polar surface area (TPSA) is 47.3 Å². The van der Waals surface area contributed by atoms with Crippen LogP contribution in [-0.2, 0) is 6.54 Å². The van der Waals surface area contributed by atoms with E-state index in [1.165, 1.54) is 51.4 Å². The summed E-state index contributed by atoms with van der Waals surface area (Å²) in [6, 6.07) is 8.65. The largest absolute Gasteiger partial charge is 0.494 e. The Morgan fingerprint density at radius 3 is 2.58 bits per heavy atom. The summed E-state index contributed by atoms with van der Waals surface area (Å²) in [5, 5.41) is 3.64. The first-order valence-electron chi connectivity index (χ1n) is 10.3. The Morgan fingerprint density at radius 2 is 1.85 bits per heavy atom. The second-order valence-electron chi connectivity index (χ2n) is 7.29. The van der Waals surface area contributed by atoms with Crippen LogP contribution in [0.5, 0.6) is 5.75 Å². The first-order valence-corrected chi connectivity index (χ1v) is 10.3. The maximum Gasteiger partial charge on any atom is 0.226 e. The van der Waals surface area contributed by atoms with E-state index in [1.807, 2.05) is 24.3 Å². The second kappa shape index (κ2) is 10.4. The molecule has 0 aliphatic heterocycles. The summed E-state index contributed by atoms with van der Waals surface area (Å²) >= 11 is 0. The average molecular weight is 357 g/mol. The van der Waals surface area contributed by atoms with Gasteiger partial charge in [0.05, 0.1) is 12.3 Å². The van der Waals surface area contributed by atoms with Crippen molar-refractivity contribution in [3.8, 4) is 17.2 Å². The fourth-order valence-electron chi connectivity index (χ4n) is 3.49. The number of hydrogen-bond donors (Lipinski definition) is 1. The molecule has 1 N–H and O–H groups in total. The van der Waals surface area contributed by atoms with E-state index >= 15 is 0 Å². The van der Waals surface area contributed by atoms with Crippen molar-refractivity contribution in [2.75, 3.05) is 6.61 Å². The molecule has 2 aromatic rings. The van der Waals surface area contributed by atoms with Crippen LogP contribution in [0.2, 0.25) is 0 Å². The van der Waals surface area contributed by atoms with Crippen LogP contribution < -0.4 is 10.1 Å². The molecule has 1 aromatic carbocycles. The smallest absolute Gasteiger partial charge is 0.226 e. The van der Waals surface area contributed by atoms with Crippen molar-refractivity contribution in [2.24, 2.45) is 0 Å². The van der Waals surface area contributed by atoms with Gasteiger partial charge >= 0.3 is 0 Å². The fourth-order valence-corrected chi connectivity index (χ4v) is 3.49. The Hall–Kier alpha value is -1.81. The van der Waals surface area contributed by atoms with Crippen molar-refractivity contribution in [1.29, 1.82) is 0 Å². The summed E-state index contributed by atoms with van der Waals surface area (Å²) in [6.45, 7) is 3.77. The molecule has 1 fully saturated rings. The van der Waals surface area contributed by atoms with Gasteiger partial charge in [-0.2, -0.15) is 0 Å². The van der Waals surface area contributed by atoms with Gasteiger partial charge in [-0.15, -0.1) is 0 Å². The van der Waals surface area contributed by atoms with Gasteiger partial charge in [0.1, 0.15) is 12.0 Å². The van der Waals surface area contributed by atoms with E-state index in [1.54, 1.807) is 6.26 Å². The van der Waals surface area contributed by atoms with E-state index in [0.717, 1.165) is 36.6 Å². The number of ether oxygens (including phenoxy) is 1. The van der Waals surface area contributed by atoms with Gasteiger partial charge in [-0.3, -0.25) is 0 Å². The van der Waals surface area contributed by atoms with Crippen molar-refractivity contribution < 1.29 is 9.15 Å². The highest BCUT2D eigenvalue weighted by molar-refractivity contribution is 5.54. The average Bonchev–Trinajstić information content (AvgIpc) is 2.99. The molecule has 1 aliphatic carbocycles. The van der Waals surface area contributed by atoms with Crippen molar-refractivity contribution in [3.63, 3.8) is 0 Å². The third-order valence-corrected chi connectivity index (χ3v) is 5.10. The highest BCUT2D eigenvalue weighted by Gasteiger charge is 2.13. The minimum Gasteiger partial charge on any atom is -0.494 e.